The third-order valence-electron chi connectivity index (χ3n) is 2.21. The predicted octanol–water partition coefficient (Wildman–Crippen LogP) is 2.67. The lowest BCUT2D eigenvalue weighted by Crippen LogP contribution is -2.00. The first-order valence-electron chi connectivity index (χ1n) is 4.84. The Morgan fingerprint density at radius 1 is 1.17 bits per heavy atom. The van der Waals surface area contributed by atoms with E-state index in [1.807, 2.05) is 0 Å². The Morgan fingerprint density at radius 3 is 2.50 bits per heavy atom. The predicted molar refractivity (Wildman–Crippen MR) is 63.4 cm³/mol. The van der Waals surface area contributed by atoms with Gasteiger partial charge in [0, 0.05) is 11.6 Å². The highest BCUT2D eigenvalue weighted by Crippen LogP contribution is 2.30. The van der Waals surface area contributed by atoms with Gasteiger partial charge in [0.2, 0.25) is 11.8 Å². The molecule has 0 saturated carbocycles. The van der Waals surface area contributed by atoms with Crippen molar-refractivity contribution in [2.24, 2.45) is 0 Å². The van der Waals surface area contributed by atoms with Crippen molar-refractivity contribution in [2.45, 2.75) is 0 Å². The van der Waals surface area contributed by atoms with Gasteiger partial charge in [-0.1, -0.05) is 11.6 Å². The molecule has 0 radical (unpaired) electrons. The highest BCUT2D eigenvalue weighted by Gasteiger charge is 2.13. The van der Waals surface area contributed by atoms with Gasteiger partial charge in [-0.25, -0.2) is 13.8 Å². The van der Waals surface area contributed by atoms with Crippen LogP contribution in [0, 0.1) is 11.6 Å². The average molecular weight is 272 g/mol. The molecule has 0 amide bonds. The molecular weight excluding hydrogens is 264 g/mol. The van der Waals surface area contributed by atoms with Crippen molar-refractivity contribution in [3.05, 3.63) is 34.9 Å². The summed E-state index contributed by atoms with van der Waals surface area (Å²) in [5.74, 6) is -1.90. The minimum atomic E-state index is -1.03. The molecule has 0 spiro atoms. The highest BCUT2D eigenvalue weighted by molar-refractivity contribution is 6.33. The normalized spacial score (nSPS) is 10.4. The standard InChI is InChI=1S/C11H8ClF2N3O/c1-18-10-4-9(16-11(15)17-10)5-2-7(13)8(14)3-6(5)12/h2-4H,1H3,(H2,15,16,17). The maximum absolute atomic E-state index is 13.2. The van der Waals surface area contributed by atoms with Crippen LogP contribution in [0.3, 0.4) is 0 Å². The second kappa shape index (κ2) is 4.73. The molecule has 1 aromatic heterocycles. The molecule has 94 valence electrons. The number of rotatable bonds is 2. The highest BCUT2D eigenvalue weighted by atomic mass is 35.5. The molecule has 2 rings (SSSR count). The number of halogens is 3. The van der Waals surface area contributed by atoms with Gasteiger partial charge in [-0.15, -0.1) is 0 Å². The van der Waals surface area contributed by atoms with Gasteiger partial charge in [0.15, 0.2) is 11.6 Å². The Morgan fingerprint density at radius 2 is 1.83 bits per heavy atom. The third-order valence-corrected chi connectivity index (χ3v) is 2.53. The van der Waals surface area contributed by atoms with Gasteiger partial charge in [-0.05, 0) is 12.1 Å². The molecule has 0 aliphatic rings. The molecule has 0 fully saturated rings. The third kappa shape index (κ3) is 2.33. The van der Waals surface area contributed by atoms with E-state index in [0.29, 0.717) is 0 Å². The van der Waals surface area contributed by atoms with E-state index < -0.39 is 11.6 Å². The zero-order chi connectivity index (χ0) is 13.3. The van der Waals surface area contributed by atoms with E-state index in [4.69, 9.17) is 22.1 Å². The fourth-order valence-electron chi connectivity index (χ4n) is 1.40. The molecule has 0 unspecified atom stereocenters. The number of hydrogen-bond acceptors (Lipinski definition) is 4. The van der Waals surface area contributed by atoms with Crippen LogP contribution in [0.2, 0.25) is 5.02 Å². The molecule has 0 bridgehead atoms. The van der Waals surface area contributed by atoms with E-state index in [0.717, 1.165) is 12.1 Å². The van der Waals surface area contributed by atoms with Crippen LogP contribution in [0.1, 0.15) is 0 Å². The number of ether oxygens (including phenoxy) is 1. The summed E-state index contributed by atoms with van der Waals surface area (Å²) in [5.41, 5.74) is 5.94. The number of nitrogen functional groups attached to an aromatic ring is 1. The van der Waals surface area contributed by atoms with Crippen LogP contribution in [-0.4, -0.2) is 17.1 Å². The van der Waals surface area contributed by atoms with Crippen molar-refractivity contribution >= 4 is 17.5 Å². The molecule has 0 aliphatic carbocycles. The van der Waals surface area contributed by atoms with E-state index >= 15 is 0 Å². The molecule has 0 aliphatic heterocycles. The van der Waals surface area contributed by atoms with Crippen molar-refractivity contribution in [1.29, 1.82) is 0 Å². The number of anilines is 1. The van der Waals surface area contributed by atoms with Crippen LogP contribution >= 0.6 is 11.6 Å². The first kappa shape index (κ1) is 12.5. The number of nitrogens with zero attached hydrogens (tertiary/aromatic N) is 2. The minimum Gasteiger partial charge on any atom is -0.481 e. The summed E-state index contributed by atoms with van der Waals surface area (Å²) < 4.78 is 31.1. The van der Waals surface area contributed by atoms with Gasteiger partial charge in [0.05, 0.1) is 17.8 Å². The van der Waals surface area contributed by atoms with Crippen LogP contribution in [-0.2, 0) is 0 Å². The Bertz CT molecular complexity index is 607. The molecule has 1 heterocycles. The van der Waals surface area contributed by atoms with Gasteiger partial charge in [0.1, 0.15) is 0 Å². The van der Waals surface area contributed by atoms with Crippen LogP contribution in [0.15, 0.2) is 18.2 Å². The van der Waals surface area contributed by atoms with Crippen LogP contribution in [0.5, 0.6) is 5.88 Å². The zero-order valence-corrected chi connectivity index (χ0v) is 10.0. The van der Waals surface area contributed by atoms with Crippen LogP contribution < -0.4 is 10.5 Å². The SMILES string of the molecule is COc1cc(-c2cc(F)c(F)cc2Cl)nc(N)n1. The topological polar surface area (TPSA) is 61.0 Å². The smallest absolute Gasteiger partial charge is 0.223 e. The van der Waals surface area contributed by atoms with Crippen molar-refractivity contribution < 1.29 is 13.5 Å². The first-order chi connectivity index (χ1) is 8.51. The fourth-order valence-corrected chi connectivity index (χ4v) is 1.65. The fraction of sp³-hybridized carbons (Fsp3) is 0.0909. The van der Waals surface area contributed by atoms with Gasteiger partial charge >= 0.3 is 0 Å². The number of methoxy groups -OCH3 is 1. The Labute approximate surface area is 106 Å². The molecule has 7 heteroatoms. The van der Waals surface area contributed by atoms with Crippen LogP contribution in [0.4, 0.5) is 14.7 Å². The number of hydrogen-bond donors (Lipinski definition) is 1. The molecule has 2 aromatic rings. The van der Waals surface area contributed by atoms with E-state index in [-0.39, 0.29) is 28.1 Å². The lowest BCUT2D eigenvalue weighted by Gasteiger charge is -2.07. The Kier molecular flexibility index (Phi) is 3.29. The Balaban J connectivity index is 2.61. The monoisotopic (exact) mass is 271 g/mol. The summed E-state index contributed by atoms with van der Waals surface area (Å²) in [6, 6.07) is 3.24. The van der Waals surface area contributed by atoms with Crippen molar-refractivity contribution in [3.63, 3.8) is 0 Å². The Hall–Kier alpha value is -1.95. The van der Waals surface area contributed by atoms with E-state index in [9.17, 15) is 8.78 Å². The molecule has 2 N–H and O–H groups in total. The van der Waals surface area contributed by atoms with E-state index in [1.54, 1.807) is 0 Å². The summed E-state index contributed by atoms with van der Waals surface area (Å²) in [6.07, 6.45) is 0. The molecule has 18 heavy (non-hydrogen) atoms. The van der Waals surface area contributed by atoms with Gasteiger partial charge < -0.3 is 10.5 Å². The summed E-state index contributed by atoms with van der Waals surface area (Å²) in [4.78, 5) is 7.68. The zero-order valence-electron chi connectivity index (χ0n) is 9.25. The van der Waals surface area contributed by atoms with Crippen LogP contribution in [0.25, 0.3) is 11.3 Å². The van der Waals surface area contributed by atoms with Gasteiger partial charge in [0.25, 0.3) is 0 Å². The molecule has 4 nitrogen and oxygen atoms in total. The van der Waals surface area contributed by atoms with Gasteiger partial charge in [-0.2, -0.15) is 4.98 Å². The lowest BCUT2D eigenvalue weighted by atomic mass is 10.1. The number of benzene rings is 1. The number of aromatic nitrogens is 2. The second-order valence-corrected chi connectivity index (χ2v) is 3.81. The van der Waals surface area contributed by atoms with Crippen molar-refractivity contribution in [2.75, 3.05) is 12.8 Å². The van der Waals surface area contributed by atoms with E-state index in [2.05, 4.69) is 9.97 Å². The summed E-state index contributed by atoms with van der Waals surface area (Å²) in [5, 5.41) is 0.0223. The average Bonchev–Trinajstić information content (AvgIpc) is 2.33. The maximum atomic E-state index is 13.2. The molecular formula is C11H8ClF2N3O. The maximum Gasteiger partial charge on any atom is 0.223 e. The quantitative estimate of drug-likeness (QED) is 0.853. The van der Waals surface area contributed by atoms with Crippen molar-refractivity contribution in [1.82, 2.24) is 9.97 Å². The summed E-state index contributed by atoms with van der Waals surface area (Å²) >= 11 is 5.84. The molecule has 0 atom stereocenters. The largest absolute Gasteiger partial charge is 0.481 e. The summed E-state index contributed by atoms with van der Waals surface area (Å²) in [7, 11) is 1.40. The van der Waals surface area contributed by atoms with Crippen molar-refractivity contribution in [3.8, 4) is 17.1 Å². The number of nitrogens with two attached hydrogens (primary N) is 1. The van der Waals surface area contributed by atoms with E-state index in [1.165, 1.54) is 13.2 Å². The molecule has 1 aromatic carbocycles. The second-order valence-electron chi connectivity index (χ2n) is 3.40. The first-order valence-corrected chi connectivity index (χ1v) is 5.22. The minimum absolute atomic E-state index is 0.0223. The lowest BCUT2D eigenvalue weighted by molar-refractivity contribution is 0.398. The summed E-state index contributed by atoms with van der Waals surface area (Å²) in [6.45, 7) is 0. The van der Waals surface area contributed by atoms with Gasteiger partial charge in [-0.3, -0.25) is 0 Å². The molecule has 0 saturated heterocycles.